The highest BCUT2D eigenvalue weighted by Crippen LogP contribution is 1.92. The smallest absolute Gasteiger partial charge is 0.0711 e. The molecule has 0 spiro atoms. The first-order valence-electron chi connectivity index (χ1n) is 2.13. The van der Waals surface area contributed by atoms with Crippen molar-refractivity contribution < 1.29 is 0 Å². The molecule has 0 nitrogen and oxygen atoms in total. The summed E-state index contributed by atoms with van der Waals surface area (Å²) in [6, 6.07) is 0. The maximum Gasteiger partial charge on any atom is 0.0711 e. The topological polar surface area (TPSA) is 0 Å². The SMILES string of the molecule is [B]CC(C)=CC. The lowest BCUT2D eigenvalue weighted by atomic mass is 9.98. The molecule has 0 aliphatic heterocycles. The second-order valence-electron chi connectivity index (χ2n) is 1.34. The van der Waals surface area contributed by atoms with Crippen molar-refractivity contribution in [3.8, 4) is 0 Å². The van der Waals surface area contributed by atoms with Crippen molar-refractivity contribution in [2.75, 3.05) is 0 Å². The Morgan fingerprint density at radius 3 is 2.33 bits per heavy atom. The molecule has 0 saturated heterocycles. The average Bonchev–Trinajstić information content (AvgIpc) is 1.65. The van der Waals surface area contributed by atoms with Crippen LogP contribution in [0, 0.1) is 0 Å². The van der Waals surface area contributed by atoms with Crippen molar-refractivity contribution in [2.24, 2.45) is 0 Å². The third-order valence-electron chi connectivity index (χ3n) is 0.815. The van der Waals surface area contributed by atoms with E-state index in [1.165, 1.54) is 5.57 Å². The number of allylic oxidation sites excluding steroid dienone is 2. The van der Waals surface area contributed by atoms with Gasteiger partial charge >= 0.3 is 0 Å². The van der Waals surface area contributed by atoms with Gasteiger partial charge < -0.3 is 0 Å². The molecule has 0 aliphatic rings. The van der Waals surface area contributed by atoms with Gasteiger partial charge in [-0.3, -0.25) is 0 Å². The van der Waals surface area contributed by atoms with Gasteiger partial charge in [-0.25, -0.2) is 0 Å². The minimum atomic E-state index is 0.691. The molecule has 0 N–H and O–H groups in total. The predicted molar refractivity (Wildman–Crippen MR) is 30.0 cm³/mol. The lowest BCUT2D eigenvalue weighted by Gasteiger charge is -1.85. The van der Waals surface area contributed by atoms with E-state index in [2.05, 4.69) is 0 Å². The van der Waals surface area contributed by atoms with Crippen LogP contribution in [0.2, 0.25) is 6.32 Å². The Kier molecular flexibility index (Phi) is 2.92. The first kappa shape index (κ1) is 5.80. The summed E-state index contributed by atoms with van der Waals surface area (Å²) in [6.45, 7) is 4.00. The molecule has 0 rings (SSSR count). The van der Waals surface area contributed by atoms with Gasteiger partial charge in [0.05, 0.1) is 7.85 Å². The molecule has 0 aliphatic carbocycles. The molecule has 2 radical (unpaired) electrons. The Bertz CT molecular complexity index is 55.0. The summed E-state index contributed by atoms with van der Waals surface area (Å²) in [5.41, 5.74) is 1.25. The Hall–Kier alpha value is -0.195. The summed E-state index contributed by atoms with van der Waals surface area (Å²) in [4.78, 5) is 0. The van der Waals surface area contributed by atoms with Crippen LogP contribution < -0.4 is 0 Å². The second-order valence-corrected chi connectivity index (χ2v) is 1.34. The molecule has 32 valence electrons. The predicted octanol–water partition coefficient (Wildman–Crippen LogP) is 1.54. The molecule has 0 fully saturated rings. The highest BCUT2D eigenvalue weighted by molar-refractivity contribution is 6.10. The zero-order chi connectivity index (χ0) is 4.99. The van der Waals surface area contributed by atoms with Crippen molar-refractivity contribution in [3.05, 3.63) is 11.6 Å². The zero-order valence-electron chi connectivity index (χ0n) is 4.36. The van der Waals surface area contributed by atoms with Crippen LogP contribution in [0.3, 0.4) is 0 Å². The molecular formula is C5H9B. The monoisotopic (exact) mass is 80.1 g/mol. The van der Waals surface area contributed by atoms with Crippen molar-refractivity contribution in [1.82, 2.24) is 0 Å². The van der Waals surface area contributed by atoms with E-state index < -0.39 is 0 Å². The third-order valence-corrected chi connectivity index (χ3v) is 0.815. The van der Waals surface area contributed by atoms with Crippen molar-refractivity contribution in [1.29, 1.82) is 0 Å². The minimum Gasteiger partial charge on any atom is -0.0895 e. The molecule has 0 aromatic heterocycles. The fourth-order valence-electron chi connectivity index (χ4n) is 0.118. The van der Waals surface area contributed by atoms with Gasteiger partial charge in [0.2, 0.25) is 0 Å². The summed E-state index contributed by atoms with van der Waals surface area (Å²) in [6.07, 6.45) is 2.70. The fraction of sp³-hybridized carbons (Fsp3) is 0.600. The minimum absolute atomic E-state index is 0.691. The van der Waals surface area contributed by atoms with Gasteiger partial charge in [-0.15, -0.1) is 0 Å². The summed E-state index contributed by atoms with van der Waals surface area (Å²) < 4.78 is 0. The second kappa shape index (κ2) is 3.01. The molecule has 0 bridgehead atoms. The molecule has 0 amide bonds. The highest BCUT2D eigenvalue weighted by Gasteiger charge is 1.73. The molecule has 1 heteroatoms. The van der Waals surface area contributed by atoms with Gasteiger partial charge in [-0.1, -0.05) is 18.0 Å². The first-order chi connectivity index (χ1) is 2.81. The Labute approximate surface area is 40.7 Å². The van der Waals surface area contributed by atoms with Crippen LogP contribution in [0.4, 0.5) is 0 Å². The van der Waals surface area contributed by atoms with E-state index >= 15 is 0 Å². The maximum atomic E-state index is 5.21. The lowest BCUT2D eigenvalue weighted by molar-refractivity contribution is 1.36. The number of hydrogen-bond donors (Lipinski definition) is 0. The van der Waals surface area contributed by atoms with E-state index in [9.17, 15) is 0 Å². The van der Waals surface area contributed by atoms with Crippen LogP contribution in [-0.2, 0) is 0 Å². The van der Waals surface area contributed by atoms with Crippen LogP contribution in [0.25, 0.3) is 0 Å². The van der Waals surface area contributed by atoms with E-state index in [0.29, 0.717) is 6.32 Å². The van der Waals surface area contributed by atoms with Crippen molar-refractivity contribution in [3.63, 3.8) is 0 Å². The number of hydrogen-bond acceptors (Lipinski definition) is 0. The van der Waals surface area contributed by atoms with E-state index in [1.807, 2.05) is 19.9 Å². The molecule has 0 atom stereocenters. The third kappa shape index (κ3) is 2.07. The Morgan fingerprint density at radius 1 is 1.83 bits per heavy atom. The normalized spacial score (nSPS) is 12.0. The van der Waals surface area contributed by atoms with Crippen LogP contribution in [0.5, 0.6) is 0 Å². The van der Waals surface area contributed by atoms with Crippen LogP contribution in [0.1, 0.15) is 13.8 Å². The van der Waals surface area contributed by atoms with E-state index in [4.69, 9.17) is 7.85 Å². The summed E-state index contributed by atoms with van der Waals surface area (Å²) >= 11 is 0. The quantitative estimate of drug-likeness (QED) is 0.331. The molecule has 6 heavy (non-hydrogen) atoms. The summed E-state index contributed by atoms with van der Waals surface area (Å²) in [5, 5.41) is 0. The molecule has 0 unspecified atom stereocenters. The fourth-order valence-corrected chi connectivity index (χ4v) is 0.118. The van der Waals surface area contributed by atoms with Gasteiger partial charge in [0.1, 0.15) is 0 Å². The van der Waals surface area contributed by atoms with E-state index in [-0.39, 0.29) is 0 Å². The standard InChI is InChI=1S/C5H9B/c1-3-5(2)4-6/h3H,4H2,1-2H3. The van der Waals surface area contributed by atoms with Crippen LogP contribution in [0.15, 0.2) is 11.6 Å². The zero-order valence-corrected chi connectivity index (χ0v) is 4.36. The molecule has 0 aromatic rings. The van der Waals surface area contributed by atoms with Gasteiger partial charge in [0, 0.05) is 0 Å². The molecule has 0 heterocycles. The molecular weight excluding hydrogens is 70.9 g/mol. The summed E-state index contributed by atoms with van der Waals surface area (Å²) in [5.74, 6) is 0. The largest absolute Gasteiger partial charge is 0.0895 e. The van der Waals surface area contributed by atoms with E-state index in [0.717, 1.165) is 0 Å². The molecule has 0 saturated carbocycles. The van der Waals surface area contributed by atoms with Crippen molar-refractivity contribution >= 4 is 7.85 Å². The van der Waals surface area contributed by atoms with Gasteiger partial charge in [0.25, 0.3) is 0 Å². The number of rotatable bonds is 1. The van der Waals surface area contributed by atoms with E-state index in [1.54, 1.807) is 0 Å². The molecule has 0 aromatic carbocycles. The maximum absolute atomic E-state index is 5.21. The van der Waals surface area contributed by atoms with Gasteiger partial charge in [-0.05, 0) is 13.8 Å². The summed E-state index contributed by atoms with van der Waals surface area (Å²) in [7, 11) is 5.21. The van der Waals surface area contributed by atoms with Gasteiger partial charge in [0.15, 0.2) is 0 Å². The lowest BCUT2D eigenvalue weighted by Crippen LogP contribution is -1.68. The van der Waals surface area contributed by atoms with Crippen LogP contribution in [-0.4, -0.2) is 7.85 Å². The Morgan fingerprint density at radius 2 is 2.33 bits per heavy atom. The van der Waals surface area contributed by atoms with Crippen LogP contribution >= 0.6 is 0 Å². The van der Waals surface area contributed by atoms with Crippen molar-refractivity contribution in [2.45, 2.75) is 20.2 Å². The Balaban J connectivity index is 3.22. The van der Waals surface area contributed by atoms with Gasteiger partial charge in [-0.2, -0.15) is 0 Å². The first-order valence-corrected chi connectivity index (χ1v) is 2.13. The average molecular weight is 79.9 g/mol. The highest BCUT2D eigenvalue weighted by atomic mass is 13.7.